The van der Waals surface area contributed by atoms with E-state index in [0.29, 0.717) is 25.2 Å². The van der Waals surface area contributed by atoms with Gasteiger partial charge in [0.2, 0.25) is 0 Å². The number of halogens is 3. The Morgan fingerprint density at radius 3 is 2.62 bits per heavy atom. The summed E-state index contributed by atoms with van der Waals surface area (Å²) in [6, 6.07) is 6.18. The van der Waals surface area contributed by atoms with Crippen LogP contribution in [-0.2, 0) is 13.0 Å². The van der Waals surface area contributed by atoms with Gasteiger partial charge >= 0.3 is 6.61 Å². The molecular formula is C15H18ClF2N3O2S. The highest BCUT2D eigenvalue weighted by atomic mass is 35.5. The monoisotopic (exact) mass is 377 g/mol. The number of hydrogen-bond acceptors (Lipinski definition) is 5. The first-order valence-corrected chi connectivity index (χ1v) is 7.81. The number of hydrogen-bond donors (Lipinski definition) is 1. The lowest BCUT2D eigenvalue weighted by molar-refractivity contribution is -0.0498. The van der Waals surface area contributed by atoms with Gasteiger partial charge in [-0.05, 0) is 24.2 Å². The summed E-state index contributed by atoms with van der Waals surface area (Å²) in [7, 11) is 1.66. The maximum atomic E-state index is 12.3. The predicted octanol–water partition coefficient (Wildman–Crippen LogP) is 2.94. The molecule has 24 heavy (non-hydrogen) atoms. The van der Waals surface area contributed by atoms with Gasteiger partial charge in [0, 0.05) is 25.4 Å². The number of amides is 1. The molecule has 1 aromatic carbocycles. The maximum absolute atomic E-state index is 12.3. The molecule has 0 radical (unpaired) electrons. The van der Waals surface area contributed by atoms with Crippen LogP contribution in [0.2, 0.25) is 0 Å². The molecule has 132 valence electrons. The van der Waals surface area contributed by atoms with Crippen molar-refractivity contribution in [3.8, 4) is 5.75 Å². The number of benzene rings is 1. The summed E-state index contributed by atoms with van der Waals surface area (Å²) >= 11 is 1.41. The minimum Gasteiger partial charge on any atom is -0.435 e. The van der Waals surface area contributed by atoms with Gasteiger partial charge in [-0.1, -0.05) is 12.1 Å². The fourth-order valence-corrected chi connectivity index (χ4v) is 2.75. The number of aromatic nitrogens is 1. The summed E-state index contributed by atoms with van der Waals surface area (Å²) in [5.41, 5.74) is 6.66. The van der Waals surface area contributed by atoms with Crippen molar-refractivity contribution < 1.29 is 18.3 Å². The third-order valence-corrected chi connectivity index (χ3v) is 3.95. The molecular weight excluding hydrogens is 360 g/mol. The number of carbonyl (C=O) groups excluding carboxylic acids is 1. The quantitative estimate of drug-likeness (QED) is 0.805. The van der Waals surface area contributed by atoms with Gasteiger partial charge in [0.05, 0.1) is 5.01 Å². The maximum Gasteiger partial charge on any atom is 0.387 e. The number of nitrogens with zero attached hydrogens (tertiary/aromatic N) is 2. The number of rotatable bonds is 7. The highest BCUT2D eigenvalue weighted by Crippen LogP contribution is 2.17. The number of nitrogens with two attached hydrogens (primary N) is 1. The van der Waals surface area contributed by atoms with E-state index < -0.39 is 6.61 Å². The highest BCUT2D eigenvalue weighted by molar-refractivity contribution is 7.09. The van der Waals surface area contributed by atoms with Gasteiger partial charge in [-0.25, -0.2) is 4.98 Å². The second-order valence-electron chi connectivity index (χ2n) is 4.85. The third kappa shape index (κ3) is 5.70. The Labute approximate surface area is 148 Å². The molecule has 0 saturated carbocycles. The molecule has 0 unspecified atom stereocenters. The SMILES string of the molecule is CN(Cc1ccc(OC(F)F)cc1)C(=O)c1csc(CCN)n1.Cl. The summed E-state index contributed by atoms with van der Waals surface area (Å²) in [4.78, 5) is 18.1. The van der Waals surface area contributed by atoms with Crippen LogP contribution >= 0.6 is 23.7 Å². The first kappa shape index (κ1) is 20.3. The van der Waals surface area contributed by atoms with E-state index in [0.717, 1.165) is 10.6 Å². The molecule has 0 aliphatic rings. The zero-order valence-corrected chi connectivity index (χ0v) is 14.6. The van der Waals surface area contributed by atoms with E-state index in [9.17, 15) is 13.6 Å². The largest absolute Gasteiger partial charge is 0.435 e. The van der Waals surface area contributed by atoms with Crippen LogP contribution in [0.3, 0.4) is 0 Å². The van der Waals surface area contributed by atoms with Gasteiger partial charge in [-0.15, -0.1) is 23.7 Å². The first-order chi connectivity index (χ1) is 11.0. The van der Waals surface area contributed by atoms with E-state index in [4.69, 9.17) is 5.73 Å². The molecule has 2 N–H and O–H groups in total. The first-order valence-electron chi connectivity index (χ1n) is 6.93. The van der Waals surface area contributed by atoms with Crippen LogP contribution in [0.4, 0.5) is 8.78 Å². The van der Waals surface area contributed by atoms with Crippen molar-refractivity contribution in [1.29, 1.82) is 0 Å². The van der Waals surface area contributed by atoms with Crippen LogP contribution < -0.4 is 10.5 Å². The standard InChI is InChI=1S/C15H17F2N3O2S.ClH/c1-20(14(21)12-9-23-13(19-12)6-7-18)8-10-2-4-11(5-3-10)22-15(16)17;/h2-5,9,15H,6-8,18H2,1H3;1H. The molecule has 0 aliphatic heterocycles. The van der Waals surface area contributed by atoms with Crippen LogP contribution in [0, 0.1) is 0 Å². The Morgan fingerprint density at radius 1 is 1.38 bits per heavy atom. The molecule has 1 heterocycles. The van der Waals surface area contributed by atoms with E-state index in [2.05, 4.69) is 9.72 Å². The number of ether oxygens (including phenoxy) is 1. The number of alkyl halides is 2. The lowest BCUT2D eigenvalue weighted by Crippen LogP contribution is -2.26. The fourth-order valence-electron chi connectivity index (χ4n) is 1.96. The van der Waals surface area contributed by atoms with Gasteiger partial charge in [-0.3, -0.25) is 4.79 Å². The van der Waals surface area contributed by atoms with Crippen molar-refractivity contribution in [3.63, 3.8) is 0 Å². The Balaban J connectivity index is 0.00000288. The minimum absolute atomic E-state index is 0. The summed E-state index contributed by atoms with van der Waals surface area (Å²) in [5.74, 6) is -0.110. The molecule has 0 atom stereocenters. The second kappa shape index (κ2) is 9.51. The average molecular weight is 378 g/mol. The van der Waals surface area contributed by atoms with Crippen LogP contribution in [-0.4, -0.2) is 36.0 Å². The normalized spacial score (nSPS) is 10.4. The Morgan fingerprint density at radius 2 is 2.04 bits per heavy atom. The van der Waals surface area contributed by atoms with Crippen molar-refractivity contribution in [3.05, 3.63) is 45.9 Å². The van der Waals surface area contributed by atoms with Crippen LogP contribution in [0.1, 0.15) is 21.1 Å². The minimum atomic E-state index is -2.85. The second-order valence-corrected chi connectivity index (χ2v) is 5.79. The fraction of sp³-hybridized carbons (Fsp3) is 0.333. The van der Waals surface area contributed by atoms with E-state index in [1.807, 2.05) is 0 Å². The number of carbonyl (C=O) groups is 1. The Bertz CT molecular complexity index is 652. The third-order valence-electron chi connectivity index (χ3n) is 3.04. The van der Waals surface area contributed by atoms with Gasteiger partial charge in [0.25, 0.3) is 5.91 Å². The molecule has 0 saturated heterocycles. The molecule has 0 aliphatic carbocycles. The lowest BCUT2D eigenvalue weighted by Gasteiger charge is -2.16. The predicted molar refractivity (Wildman–Crippen MR) is 91.0 cm³/mol. The van der Waals surface area contributed by atoms with Crippen LogP contribution in [0.15, 0.2) is 29.6 Å². The van der Waals surface area contributed by atoms with Gasteiger partial charge in [0.1, 0.15) is 11.4 Å². The van der Waals surface area contributed by atoms with E-state index in [1.165, 1.54) is 28.4 Å². The van der Waals surface area contributed by atoms with Crippen molar-refractivity contribution in [2.75, 3.05) is 13.6 Å². The molecule has 5 nitrogen and oxygen atoms in total. The molecule has 0 fully saturated rings. The van der Waals surface area contributed by atoms with Gasteiger partial charge in [-0.2, -0.15) is 8.78 Å². The van der Waals surface area contributed by atoms with Crippen LogP contribution in [0.25, 0.3) is 0 Å². The smallest absolute Gasteiger partial charge is 0.387 e. The summed E-state index contributed by atoms with van der Waals surface area (Å²) in [6.45, 7) is -2.01. The molecule has 0 bridgehead atoms. The summed E-state index contributed by atoms with van der Waals surface area (Å²) in [5, 5.41) is 2.54. The Kier molecular flexibility index (Phi) is 8.03. The summed E-state index contributed by atoms with van der Waals surface area (Å²) in [6.07, 6.45) is 0.646. The molecule has 0 spiro atoms. The van der Waals surface area contributed by atoms with Crippen molar-refractivity contribution in [1.82, 2.24) is 9.88 Å². The van der Waals surface area contributed by atoms with Gasteiger partial charge < -0.3 is 15.4 Å². The lowest BCUT2D eigenvalue weighted by atomic mass is 10.2. The van der Waals surface area contributed by atoms with E-state index in [1.54, 1.807) is 24.6 Å². The highest BCUT2D eigenvalue weighted by Gasteiger charge is 2.15. The Hall–Kier alpha value is -1.77. The van der Waals surface area contributed by atoms with Crippen molar-refractivity contribution in [2.24, 2.45) is 5.73 Å². The molecule has 1 amide bonds. The van der Waals surface area contributed by atoms with Crippen molar-refractivity contribution in [2.45, 2.75) is 19.6 Å². The average Bonchev–Trinajstić information content (AvgIpc) is 2.97. The van der Waals surface area contributed by atoms with Crippen LogP contribution in [0.5, 0.6) is 5.75 Å². The topological polar surface area (TPSA) is 68.5 Å². The summed E-state index contributed by atoms with van der Waals surface area (Å²) < 4.78 is 28.5. The molecule has 9 heteroatoms. The zero-order valence-electron chi connectivity index (χ0n) is 12.9. The van der Waals surface area contributed by atoms with Gasteiger partial charge in [0.15, 0.2) is 0 Å². The van der Waals surface area contributed by atoms with Crippen molar-refractivity contribution >= 4 is 29.7 Å². The molecule has 1 aromatic heterocycles. The van der Waals surface area contributed by atoms with E-state index in [-0.39, 0.29) is 24.1 Å². The zero-order chi connectivity index (χ0) is 16.8. The number of thiazole rings is 1. The molecule has 2 aromatic rings. The molecule has 2 rings (SSSR count). The van der Waals surface area contributed by atoms with E-state index >= 15 is 0 Å².